The summed E-state index contributed by atoms with van der Waals surface area (Å²) in [6.45, 7) is 1.32. The minimum atomic E-state index is -0.256. The van der Waals surface area contributed by atoms with Crippen molar-refractivity contribution in [3.63, 3.8) is 0 Å². The highest BCUT2D eigenvalue weighted by atomic mass is 32.2. The van der Waals surface area contributed by atoms with Crippen LogP contribution in [-0.4, -0.2) is 35.2 Å². The van der Waals surface area contributed by atoms with Crippen molar-refractivity contribution in [2.45, 2.75) is 80.8 Å². The number of ether oxygens (including phenoxy) is 2. The summed E-state index contributed by atoms with van der Waals surface area (Å²) in [7, 11) is 0.0351. The van der Waals surface area contributed by atoms with E-state index in [1.54, 1.807) is 24.5 Å². The maximum Gasteiger partial charge on any atom is 0.339 e. The normalized spacial score (nSPS) is 25.9. The van der Waals surface area contributed by atoms with Crippen LogP contribution in [0.2, 0.25) is 0 Å². The molecule has 2 aliphatic carbocycles. The second-order valence-corrected chi connectivity index (χ2v) is 14.0. The van der Waals surface area contributed by atoms with E-state index in [1.165, 1.54) is 92.0 Å². The molecule has 4 unspecified atom stereocenters. The van der Waals surface area contributed by atoms with Gasteiger partial charge >= 0.3 is 5.97 Å². The molecular formula is C34H42NO3S+. The fraction of sp³-hybridized carbons (Fsp3) is 0.529. The molecule has 39 heavy (non-hydrogen) atoms. The Hall–Kier alpha value is -2.53. The maximum atomic E-state index is 12.8. The van der Waals surface area contributed by atoms with Gasteiger partial charge in [0.15, 0.2) is 10.1 Å². The Balaban J connectivity index is 1.24. The molecule has 2 aromatic carbocycles. The number of aromatic nitrogens is 1. The lowest BCUT2D eigenvalue weighted by Gasteiger charge is -2.25. The molecule has 1 aromatic heterocycles. The predicted octanol–water partition coefficient (Wildman–Crippen LogP) is 8.00. The Morgan fingerprint density at radius 1 is 0.821 bits per heavy atom. The quantitative estimate of drug-likeness (QED) is 0.223. The number of pyridine rings is 1. The van der Waals surface area contributed by atoms with Gasteiger partial charge in [-0.25, -0.2) is 4.79 Å². The van der Waals surface area contributed by atoms with E-state index in [2.05, 4.69) is 41.4 Å². The molecule has 206 valence electrons. The number of carbonyl (C=O) groups excluding carboxylic acids is 1. The van der Waals surface area contributed by atoms with Gasteiger partial charge in [0, 0.05) is 45.9 Å². The second kappa shape index (κ2) is 12.8. The number of rotatable bonds is 7. The van der Waals surface area contributed by atoms with Gasteiger partial charge in [-0.1, -0.05) is 63.1 Å². The first-order valence-electron chi connectivity index (χ1n) is 15.2. The summed E-state index contributed by atoms with van der Waals surface area (Å²) in [6, 6.07) is 17.0. The average molecular weight is 545 g/mol. The molecule has 4 atom stereocenters. The lowest BCUT2D eigenvalue weighted by molar-refractivity contribution is 0.0476. The minimum absolute atomic E-state index is 0.0351. The monoisotopic (exact) mass is 544 g/mol. The number of nitrogens with zero attached hydrogens (tertiary/aromatic N) is 1. The predicted molar refractivity (Wildman–Crippen MR) is 160 cm³/mol. The third kappa shape index (κ3) is 6.14. The van der Waals surface area contributed by atoms with E-state index in [-0.39, 0.29) is 16.9 Å². The SMILES string of the molecule is O=C(OCC1C2CCCCC2C[S+]1c1ccc(OCC2CCCCCCC2)c2ccccc12)c1cccnc1. The summed E-state index contributed by atoms with van der Waals surface area (Å²) < 4.78 is 12.5. The molecular weight excluding hydrogens is 502 g/mol. The molecule has 0 bridgehead atoms. The van der Waals surface area contributed by atoms with Crippen LogP contribution >= 0.6 is 0 Å². The van der Waals surface area contributed by atoms with Crippen LogP contribution in [-0.2, 0) is 15.6 Å². The Morgan fingerprint density at radius 2 is 1.59 bits per heavy atom. The summed E-state index contributed by atoms with van der Waals surface area (Å²) in [5.74, 6) is 4.02. The molecule has 3 aliphatic rings. The number of hydrogen-bond donors (Lipinski definition) is 0. The summed E-state index contributed by atoms with van der Waals surface area (Å²) >= 11 is 0. The van der Waals surface area contributed by atoms with E-state index in [9.17, 15) is 4.79 Å². The fourth-order valence-electron chi connectivity index (χ4n) is 7.19. The summed E-state index contributed by atoms with van der Waals surface area (Å²) in [6.07, 6.45) is 17.9. The number of hydrogen-bond acceptors (Lipinski definition) is 4. The van der Waals surface area contributed by atoms with Crippen LogP contribution in [0.3, 0.4) is 0 Å². The average Bonchev–Trinajstić information content (AvgIpc) is 3.34. The standard InChI is InChI=1S/C34H42NO3S/c36-34(26-14-10-20-35-21-26)38-23-33-28-15-7-6-13-27(28)24-39(33)32-19-18-31(29-16-8-9-17-30(29)32)37-22-25-11-4-2-1-3-5-12-25/h8-10,14,16-21,25,27-28,33H,1-7,11-13,15,22-24H2/q+1. The van der Waals surface area contributed by atoms with Gasteiger partial charge in [-0.2, -0.15) is 0 Å². The van der Waals surface area contributed by atoms with Crippen molar-refractivity contribution < 1.29 is 14.3 Å². The number of carbonyl (C=O) groups is 1. The lowest BCUT2D eigenvalue weighted by atomic mass is 9.79. The van der Waals surface area contributed by atoms with Crippen LogP contribution < -0.4 is 4.74 Å². The zero-order valence-corrected chi connectivity index (χ0v) is 23.9. The molecule has 3 fully saturated rings. The molecule has 6 rings (SSSR count). The first-order valence-corrected chi connectivity index (χ1v) is 16.6. The van der Waals surface area contributed by atoms with Gasteiger partial charge < -0.3 is 9.47 Å². The van der Waals surface area contributed by atoms with Gasteiger partial charge in [0.25, 0.3) is 0 Å². The van der Waals surface area contributed by atoms with Crippen LogP contribution in [0.15, 0.2) is 65.8 Å². The number of esters is 1. The molecule has 5 heteroatoms. The molecule has 0 amide bonds. The van der Waals surface area contributed by atoms with E-state index in [0.717, 1.165) is 18.3 Å². The topological polar surface area (TPSA) is 48.4 Å². The first kappa shape index (κ1) is 26.7. The van der Waals surface area contributed by atoms with Crippen LogP contribution in [0.1, 0.15) is 81.0 Å². The molecule has 1 saturated heterocycles. The highest BCUT2D eigenvalue weighted by Crippen LogP contribution is 2.47. The molecule has 0 spiro atoms. The van der Waals surface area contributed by atoms with E-state index in [0.29, 0.717) is 29.3 Å². The van der Waals surface area contributed by atoms with Gasteiger partial charge in [0.1, 0.15) is 18.1 Å². The Kier molecular flexibility index (Phi) is 8.73. The van der Waals surface area contributed by atoms with Crippen LogP contribution in [0.4, 0.5) is 0 Å². The molecule has 0 radical (unpaired) electrons. The van der Waals surface area contributed by atoms with Crippen molar-refractivity contribution in [2.75, 3.05) is 19.0 Å². The summed E-state index contributed by atoms with van der Waals surface area (Å²) in [4.78, 5) is 18.4. The maximum absolute atomic E-state index is 12.8. The van der Waals surface area contributed by atoms with E-state index in [1.807, 2.05) is 0 Å². The Morgan fingerprint density at radius 3 is 2.41 bits per heavy atom. The first-order chi connectivity index (χ1) is 19.3. The second-order valence-electron chi connectivity index (χ2n) is 11.8. The fourth-order valence-corrected chi connectivity index (χ4v) is 10.5. The van der Waals surface area contributed by atoms with E-state index >= 15 is 0 Å². The minimum Gasteiger partial charge on any atom is -0.493 e. The molecule has 1 aliphatic heterocycles. The zero-order chi connectivity index (χ0) is 26.4. The number of fused-ring (bicyclic) bond motifs is 2. The van der Waals surface area contributed by atoms with Crippen molar-refractivity contribution in [3.05, 3.63) is 66.5 Å². The molecule has 2 saturated carbocycles. The Labute approximate surface area is 236 Å². The van der Waals surface area contributed by atoms with Gasteiger partial charge in [-0.05, 0) is 61.9 Å². The molecule has 0 N–H and O–H groups in total. The van der Waals surface area contributed by atoms with Crippen molar-refractivity contribution in [1.82, 2.24) is 4.98 Å². The number of benzene rings is 2. The van der Waals surface area contributed by atoms with E-state index < -0.39 is 0 Å². The van der Waals surface area contributed by atoms with Gasteiger partial charge in [0.05, 0.1) is 12.2 Å². The molecule has 3 aromatic rings. The summed E-state index contributed by atoms with van der Waals surface area (Å²) in [5, 5.41) is 2.92. The molecule has 4 nitrogen and oxygen atoms in total. The highest BCUT2D eigenvalue weighted by Gasteiger charge is 2.53. The van der Waals surface area contributed by atoms with Crippen LogP contribution in [0.5, 0.6) is 5.75 Å². The van der Waals surface area contributed by atoms with Gasteiger partial charge in [-0.3, -0.25) is 4.98 Å². The van der Waals surface area contributed by atoms with Crippen LogP contribution in [0.25, 0.3) is 10.8 Å². The summed E-state index contributed by atoms with van der Waals surface area (Å²) in [5.41, 5.74) is 0.534. The third-order valence-electron chi connectivity index (χ3n) is 9.31. The molecule has 2 heterocycles. The van der Waals surface area contributed by atoms with Crippen molar-refractivity contribution in [1.29, 1.82) is 0 Å². The highest BCUT2D eigenvalue weighted by molar-refractivity contribution is 7.98. The Bertz CT molecular complexity index is 1240. The lowest BCUT2D eigenvalue weighted by Crippen LogP contribution is -2.32. The third-order valence-corrected chi connectivity index (χ3v) is 12.2. The van der Waals surface area contributed by atoms with Crippen molar-refractivity contribution >= 4 is 27.6 Å². The zero-order valence-electron chi connectivity index (χ0n) is 23.1. The van der Waals surface area contributed by atoms with Crippen molar-refractivity contribution in [3.8, 4) is 5.75 Å². The van der Waals surface area contributed by atoms with Gasteiger partial charge in [-0.15, -0.1) is 0 Å². The van der Waals surface area contributed by atoms with Gasteiger partial charge in [0.2, 0.25) is 0 Å². The van der Waals surface area contributed by atoms with Crippen molar-refractivity contribution in [2.24, 2.45) is 17.8 Å². The van der Waals surface area contributed by atoms with Crippen LogP contribution in [0, 0.1) is 17.8 Å². The smallest absolute Gasteiger partial charge is 0.339 e. The van der Waals surface area contributed by atoms with E-state index in [4.69, 9.17) is 9.47 Å². The largest absolute Gasteiger partial charge is 0.493 e.